The average Bonchev–Trinajstić information content (AvgIpc) is 2.56. The monoisotopic (exact) mass is 298 g/mol. The summed E-state index contributed by atoms with van der Waals surface area (Å²) in [7, 11) is 0. The van der Waals surface area contributed by atoms with Crippen molar-refractivity contribution in [2.75, 3.05) is 18.4 Å². The van der Waals surface area contributed by atoms with Crippen LogP contribution in [0.1, 0.15) is 17.5 Å². The number of carbonyl (C=O) groups excluding carboxylic acids is 1. The van der Waals surface area contributed by atoms with Crippen LogP contribution in [-0.4, -0.2) is 23.9 Å². The molecule has 0 bridgehead atoms. The Morgan fingerprint density at radius 3 is 2.64 bits per heavy atom. The van der Waals surface area contributed by atoms with Crippen molar-refractivity contribution in [2.45, 2.75) is 19.4 Å². The lowest BCUT2D eigenvalue weighted by molar-refractivity contribution is -0.131. The summed E-state index contributed by atoms with van der Waals surface area (Å²) in [6.07, 6.45) is 1.28. The summed E-state index contributed by atoms with van der Waals surface area (Å²) < 4.78 is 13.5. The van der Waals surface area contributed by atoms with Gasteiger partial charge in [0.2, 0.25) is 5.91 Å². The zero-order valence-electron chi connectivity index (χ0n) is 12.4. The van der Waals surface area contributed by atoms with E-state index in [9.17, 15) is 9.18 Å². The number of halogens is 1. The standard InChI is InChI=1S/C18H19FN2O/c19-16-7-3-4-8-17(16)20-11-9-18(22)21-12-10-14-5-1-2-6-15(14)13-21/h1-8,20H,9-13H2. The third-order valence-corrected chi connectivity index (χ3v) is 4.01. The summed E-state index contributed by atoms with van der Waals surface area (Å²) in [6, 6.07) is 14.7. The Hall–Kier alpha value is -2.36. The highest BCUT2D eigenvalue weighted by molar-refractivity contribution is 5.77. The Bertz CT molecular complexity index is 672. The van der Waals surface area contributed by atoms with Gasteiger partial charge in [-0.3, -0.25) is 4.79 Å². The molecule has 1 amide bonds. The Morgan fingerprint density at radius 1 is 1.09 bits per heavy atom. The number of hydrogen-bond acceptors (Lipinski definition) is 2. The van der Waals surface area contributed by atoms with Gasteiger partial charge >= 0.3 is 0 Å². The molecule has 0 saturated carbocycles. The van der Waals surface area contributed by atoms with Crippen LogP contribution in [0.3, 0.4) is 0 Å². The van der Waals surface area contributed by atoms with Gasteiger partial charge in [-0.1, -0.05) is 36.4 Å². The lowest BCUT2D eigenvalue weighted by atomic mass is 10.00. The van der Waals surface area contributed by atoms with Crippen molar-refractivity contribution in [1.29, 1.82) is 0 Å². The first-order valence-electron chi connectivity index (χ1n) is 7.57. The molecular weight excluding hydrogens is 279 g/mol. The molecule has 2 aromatic carbocycles. The van der Waals surface area contributed by atoms with Crippen LogP contribution in [0.4, 0.5) is 10.1 Å². The minimum absolute atomic E-state index is 0.110. The summed E-state index contributed by atoms with van der Waals surface area (Å²) >= 11 is 0. The van der Waals surface area contributed by atoms with E-state index in [-0.39, 0.29) is 11.7 Å². The van der Waals surface area contributed by atoms with Crippen LogP contribution in [0.25, 0.3) is 0 Å². The molecule has 1 aliphatic rings. The van der Waals surface area contributed by atoms with E-state index >= 15 is 0 Å². The van der Waals surface area contributed by atoms with Gasteiger partial charge in [0.25, 0.3) is 0 Å². The smallest absolute Gasteiger partial charge is 0.224 e. The predicted octanol–water partition coefficient (Wildman–Crippen LogP) is 3.21. The molecule has 1 heterocycles. The lowest BCUT2D eigenvalue weighted by Gasteiger charge is -2.29. The normalized spacial score (nSPS) is 13.6. The molecule has 0 spiro atoms. The number of para-hydroxylation sites is 1. The highest BCUT2D eigenvalue weighted by Crippen LogP contribution is 2.19. The largest absolute Gasteiger partial charge is 0.382 e. The number of benzene rings is 2. The average molecular weight is 298 g/mol. The summed E-state index contributed by atoms with van der Waals surface area (Å²) in [5.41, 5.74) is 3.00. The van der Waals surface area contributed by atoms with Gasteiger partial charge in [-0.2, -0.15) is 0 Å². The number of carbonyl (C=O) groups is 1. The quantitative estimate of drug-likeness (QED) is 0.940. The minimum Gasteiger partial charge on any atom is -0.382 e. The molecule has 1 N–H and O–H groups in total. The molecule has 0 atom stereocenters. The fourth-order valence-electron chi connectivity index (χ4n) is 2.78. The summed E-state index contributed by atoms with van der Waals surface area (Å²) in [6.45, 7) is 1.88. The highest BCUT2D eigenvalue weighted by atomic mass is 19.1. The molecular formula is C18H19FN2O. The number of nitrogens with zero attached hydrogens (tertiary/aromatic N) is 1. The van der Waals surface area contributed by atoms with E-state index in [0.717, 1.165) is 13.0 Å². The molecule has 0 aliphatic carbocycles. The first-order valence-corrected chi connectivity index (χ1v) is 7.57. The van der Waals surface area contributed by atoms with E-state index in [1.165, 1.54) is 17.2 Å². The number of hydrogen-bond donors (Lipinski definition) is 1. The topological polar surface area (TPSA) is 32.3 Å². The fourth-order valence-corrected chi connectivity index (χ4v) is 2.78. The SMILES string of the molecule is O=C(CCNc1ccccc1F)N1CCc2ccccc2C1. The van der Waals surface area contributed by atoms with Crippen LogP contribution in [0, 0.1) is 5.82 Å². The van der Waals surface area contributed by atoms with E-state index in [4.69, 9.17) is 0 Å². The van der Waals surface area contributed by atoms with Crippen molar-refractivity contribution < 1.29 is 9.18 Å². The molecule has 22 heavy (non-hydrogen) atoms. The minimum atomic E-state index is -0.290. The summed E-state index contributed by atoms with van der Waals surface area (Å²) in [5.74, 6) is -0.180. The van der Waals surface area contributed by atoms with E-state index < -0.39 is 0 Å². The van der Waals surface area contributed by atoms with Crippen molar-refractivity contribution in [2.24, 2.45) is 0 Å². The molecule has 3 rings (SSSR count). The van der Waals surface area contributed by atoms with Crippen LogP contribution in [-0.2, 0) is 17.8 Å². The molecule has 0 aromatic heterocycles. The van der Waals surface area contributed by atoms with Crippen LogP contribution >= 0.6 is 0 Å². The van der Waals surface area contributed by atoms with E-state index in [1.807, 2.05) is 17.0 Å². The number of nitrogens with one attached hydrogen (secondary N) is 1. The van der Waals surface area contributed by atoms with Crippen molar-refractivity contribution in [1.82, 2.24) is 4.90 Å². The van der Waals surface area contributed by atoms with Crippen LogP contribution in [0.2, 0.25) is 0 Å². The maximum Gasteiger partial charge on any atom is 0.224 e. The Balaban J connectivity index is 1.52. The van der Waals surface area contributed by atoms with Gasteiger partial charge in [-0.25, -0.2) is 4.39 Å². The third kappa shape index (κ3) is 3.27. The van der Waals surface area contributed by atoms with Crippen LogP contribution in [0.5, 0.6) is 0 Å². The first-order chi connectivity index (χ1) is 10.7. The van der Waals surface area contributed by atoms with E-state index in [2.05, 4.69) is 17.4 Å². The molecule has 0 radical (unpaired) electrons. The van der Waals surface area contributed by atoms with Gasteiger partial charge in [-0.15, -0.1) is 0 Å². The lowest BCUT2D eigenvalue weighted by Crippen LogP contribution is -2.36. The molecule has 0 saturated heterocycles. The molecule has 1 aliphatic heterocycles. The Morgan fingerprint density at radius 2 is 1.82 bits per heavy atom. The second-order valence-corrected chi connectivity index (χ2v) is 5.49. The maximum absolute atomic E-state index is 13.5. The van der Waals surface area contributed by atoms with Crippen molar-refractivity contribution in [3.63, 3.8) is 0 Å². The first kappa shape index (κ1) is 14.6. The van der Waals surface area contributed by atoms with Gasteiger partial charge in [0.05, 0.1) is 5.69 Å². The molecule has 3 nitrogen and oxygen atoms in total. The molecule has 0 fully saturated rings. The van der Waals surface area contributed by atoms with E-state index in [0.29, 0.717) is 25.2 Å². The molecule has 2 aromatic rings. The van der Waals surface area contributed by atoms with Gasteiger partial charge in [0.15, 0.2) is 0 Å². The number of anilines is 1. The van der Waals surface area contributed by atoms with E-state index in [1.54, 1.807) is 18.2 Å². The zero-order chi connectivity index (χ0) is 15.4. The second-order valence-electron chi connectivity index (χ2n) is 5.49. The van der Waals surface area contributed by atoms with Crippen LogP contribution < -0.4 is 5.32 Å². The Labute approximate surface area is 129 Å². The zero-order valence-corrected chi connectivity index (χ0v) is 12.4. The van der Waals surface area contributed by atoms with Gasteiger partial charge in [0, 0.05) is 26.1 Å². The summed E-state index contributed by atoms with van der Waals surface area (Å²) in [4.78, 5) is 14.2. The summed E-state index contributed by atoms with van der Waals surface area (Å²) in [5, 5.41) is 2.98. The Kier molecular flexibility index (Phi) is 4.37. The van der Waals surface area contributed by atoms with Crippen molar-refractivity contribution >= 4 is 11.6 Å². The molecule has 4 heteroatoms. The van der Waals surface area contributed by atoms with Crippen LogP contribution in [0.15, 0.2) is 48.5 Å². The maximum atomic E-state index is 13.5. The number of rotatable bonds is 4. The van der Waals surface area contributed by atoms with Gasteiger partial charge in [-0.05, 0) is 29.7 Å². The second kappa shape index (κ2) is 6.60. The van der Waals surface area contributed by atoms with Gasteiger partial charge in [0.1, 0.15) is 5.82 Å². The predicted molar refractivity (Wildman–Crippen MR) is 85.1 cm³/mol. The number of amides is 1. The van der Waals surface area contributed by atoms with Crippen molar-refractivity contribution in [3.8, 4) is 0 Å². The van der Waals surface area contributed by atoms with Gasteiger partial charge < -0.3 is 10.2 Å². The highest BCUT2D eigenvalue weighted by Gasteiger charge is 2.19. The third-order valence-electron chi connectivity index (χ3n) is 4.01. The number of fused-ring (bicyclic) bond motifs is 1. The van der Waals surface area contributed by atoms with Crippen molar-refractivity contribution in [3.05, 3.63) is 65.5 Å². The molecule has 114 valence electrons. The fraction of sp³-hybridized carbons (Fsp3) is 0.278. The molecule has 0 unspecified atom stereocenters.